The standard InChI is InChI=1S/C6H8BNO4S.C6H8BNO3/c8-13(11,12)6-3-1-5(2-4-6)7(9)10;1-11-6-3-2-5(4-8-6)7(9)10/h1-4,9-10H,(H2,8,11,12);2-4,9-10H,1H3. The van der Waals surface area contributed by atoms with Crippen LogP contribution in [0, 0.1) is 0 Å². The van der Waals surface area contributed by atoms with Crippen molar-refractivity contribution in [3.05, 3.63) is 42.6 Å². The van der Waals surface area contributed by atoms with Crippen molar-refractivity contribution >= 4 is 35.2 Å². The predicted octanol–water partition coefficient (Wildman–Crippen LogP) is -3.22. The molecule has 12 heteroatoms. The minimum Gasteiger partial charge on any atom is -0.481 e. The van der Waals surface area contributed by atoms with Crippen LogP contribution in [0.15, 0.2) is 47.5 Å². The molecule has 2 rings (SSSR count). The Morgan fingerprint density at radius 3 is 1.79 bits per heavy atom. The molecule has 0 aliphatic carbocycles. The summed E-state index contributed by atoms with van der Waals surface area (Å²) in [5, 5.41) is 39.5. The van der Waals surface area contributed by atoms with Crippen molar-refractivity contribution in [1.29, 1.82) is 0 Å². The maximum atomic E-state index is 10.8. The fraction of sp³-hybridized carbons (Fsp3) is 0.0833. The molecular formula is C12H16B2N2O7S. The van der Waals surface area contributed by atoms with Gasteiger partial charge in [-0.1, -0.05) is 18.2 Å². The lowest BCUT2D eigenvalue weighted by Gasteiger charge is -2.00. The number of methoxy groups -OCH3 is 1. The van der Waals surface area contributed by atoms with Gasteiger partial charge < -0.3 is 24.8 Å². The molecule has 2 aromatic rings. The van der Waals surface area contributed by atoms with Gasteiger partial charge in [-0.3, -0.25) is 0 Å². The molecule has 24 heavy (non-hydrogen) atoms. The SMILES string of the molecule is COc1ccc(B(O)O)cn1.NS(=O)(=O)c1ccc(B(O)O)cc1. The lowest BCUT2D eigenvalue weighted by Crippen LogP contribution is -2.29. The lowest BCUT2D eigenvalue weighted by atomic mass is 9.81. The summed E-state index contributed by atoms with van der Waals surface area (Å²) >= 11 is 0. The van der Waals surface area contributed by atoms with Crippen LogP contribution in [0.3, 0.4) is 0 Å². The number of pyridine rings is 1. The molecule has 9 nitrogen and oxygen atoms in total. The average Bonchev–Trinajstić information content (AvgIpc) is 2.54. The minimum atomic E-state index is -3.71. The molecule has 0 spiro atoms. The Labute approximate surface area is 139 Å². The van der Waals surface area contributed by atoms with Crippen LogP contribution in [-0.4, -0.2) is 54.8 Å². The molecule has 0 fully saturated rings. The van der Waals surface area contributed by atoms with E-state index in [0.717, 1.165) is 0 Å². The van der Waals surface area contributed by atoms with Crippen LogP contribution >= 0.6 is 0 Å². The molecule has 0 saturated heterocycles. The van der Waals surface area contributed by atoms with E-state index in [4.69, 9.17) is 30.0 Å². The van der Waals surface area contributed by atoms with E-state index >= 15 is 0 Å². The molecule has 0 unspecified atom stereocenters. The number of primary sulfonamides is 1. The quantitative estimate of drug-likeness (QED) is 0.358. The third-order valence-corrected chi connectivity index (χ3v) is 3.70. The number of sulfonamides is 1. The second-order valence-electron chi connectivity index (χ2n) is 4.50. The van der Waals surface area contributed by atoms with Crippen molar-refractivity contribution in [2.45, 2.75) is 4.90 Å². The van der Waals surface area contributed by atoms with Gasteiger partial charge in [0.05, 0.1) is 12.0 Å². The molecule has 1 aromatic heterocycles. The number of hydrogen-bond acceptors (Lipinski definition) is 8. The van der Waals surface area contributed by atoms with Gasteiger partial charge in [0.25, 0.3) is 0 Å². The Morgan fingerprint density at radius 2 is 1.46 bits per heavy atom. The number of nitrogens with two attached hydrogens (primary N) is 1. The van der Waals surface area contributed by atoms with Crippen LogP contribution in [0.4, 0.5) is 0 Å². The highest BCUT2D eigenvalue weighted by Crippen LogP contribution is 2.03. The van der Waals surface area contributed by atoms with E-state index in [-0.39, 0.29) is 10.4 Å². The van der Waals surface area contributed by atoms with E-state index in [1.807, 2.05) is 0 Å². The molecule has 6 N–H and O–H groups in total. The maximum Gasteiger partial charge on any atom is 0.490 e. The zero-order chi connectivity index (χ0) is 18.3. The van der Waals surface area contributed by atoms with Crippen LogP contribution in [0.25, 0.3) is 0 Å². The Morgan fingerprint density at radius 1 is 0.958 bits per heavy atom. The first-order valence-electron chi connectivity index (χ1n) is 6.50. The first-order chi connectivity index (χ1) is 11.1. The summed E-state index contributed by atoms with van der Waals surface area (Å²) in [5.41, 5.74) is 0.568. The van der Waals surface area contributed by atoms with E-state index in [0.29, 0.717) is 11.3 Å². The molecule has 0 amide bonds. The number of rotatable bonds is 4. The number of aromatic nitrogens is 1. The molecule has 0 bridgehead atoms. The van der Waals surface area contributed by atoms with Crippen LogP contribution in [0.5, 0.6) is 5.88 Å². The van der Waals surface area contributed by atoms with Crippen LogP contribution < -0.4 is 20.8 Å². The number of benzene rings is 1. The monoisotopic (exact) mass is 354 g/mol. The van der Waals surface area contributed by atoms with Gasteiger partial charge in [0.1, 0.15) is 0 Å². The fourth-order valence-corrected chi connectivity index (χ4v) is 2.01. The van der Waals surface area contributed by atoms with Crippen LogP contribution in [0.1, 0.15) is 0 Å². The maximum absolute atomic E-state index is 10.8. The molecule has 0 aliphatic heterocycles. The van der Waals surface area contributed by atoms with E-state index in [9.17, 15) is 8.42 Å². The van der Waals surface area contributed by atoms with Gasteiger partial charge in [-0.25, -0.2) is 18.5 Å². The normalized spacial score (nSPS) is 10.4. The zero-order valence-electron chi connectivity index (χ0n) is 12.6. The van der Waals surface area contributed by atoms with Gasteiger partial charge in [-0.15, -0.1) is 0 Å². The summed E-state index contributed by atoms with van der Waals surface area (Å²) in [5.74, 6) is 0.453. The number of hydrogen-bond donors (Lipinski definition) is 5. The van der Waals surface area contributed by atoms with Crippen molar-refractivity contribution in [3.63, 3.8) is 0 Å². The molecule has 1 heterocycles. The van der Waals surface area contributed by atoms with Gasteiger partial charge in [0.2, 0.25) is 15.9 Å². The Kier molecular flexibility index (Phi) is 7.35. The fourth-order valence-electron chi connectivity index (χ4n) is 1.49. The van der Waals surface area contributed by atoms with Gasteiger partial charge in [-0.05, 0) is 23.7 Å². The largest absolute Gasteiger partial charge is 0.490 e. The van der Waals surface area contributed by atoms with Crippen molar-refractivity contribution < 1.29 is 33.3 Å². The van der Waals surface area contributed by atoms with E-state index < -0.39 is 24.3 Å². The summed E-state index contributed by atoms with van der Waals surface area (Å²) in [6, 6.07) is 8.09. The van der Waals surface area contributed by atoms with Gasteiger partial charge in [0, 0.05) is 11.7 Å². The third kappa shape index (κ3) is 6.28. The summed E-state index contributed by atoms with van der Waals surface area (Å²) in [7, 11) is -5.28. The first kappa shape index (κ1) is 20.1. The molecule has 0 atom stereocenters. The first-order valence-corrected chi connectivity index (χ1v) is 8.04. The Bertz CT molecular complexity index is 737. The van der Waals surface area contributed by atoms with Crippen LogP contribution in [0.2, 0.25) is 0 Å². The topological polar surface area (TPSA) is 163 Å². The average molecular weight is 354 g/mol. The highest BCUT2D eigenvalue weighted by molar-refractivity contribution is 7.89. The molecule has 128 valence electrons. The minimum absolute atomic E-state index is 0.0584. The highest BCUT2D eigenvalue weighted by atomic mass is 32.2. The Balaban J connectivity index is 0.000000243. The summed E-state index contributed by atoms with van der Waals surface area (Å²) < 4.78 is 26.3. The van der Waals surface area contributed by atoms with Gasteiger partial charge in [-0.2, -0.15) is 0 Å². The molecule has 0 aliphatic rings. The van der Waals surface area contributed by atoms with Gasteiger partial charge >= 0.3 is 14.2 Å². The van der Waals surface area contributed by atoms with Crippen molar-refractivity contribution in [1.82, 2.24) is 4.98 Å². The summed E-state index contributed by atoms with van der Waals surface area (Å²) in [6.07, 6.45) is 1.35. The molecule has 0 radical (unpaired) electrons. The lowest BCUT2D eigenvalue weighted by molar-refractivity contribution is 0.397. The summed E-state index contributed by atoms with van der Waals surface area (Å²) in [4.78, 5) is 3.72. The summed E-state index contributed by atoms with van der Waals surface area (Å²) in [6.45, 7) is 0. The van der Waals surface area contributed by atoms with Crippen LogP contribution in [-0.2, 0) is 10.0 Å². The third-order valence-electron chi connectivity index (χ3n) is 2.77. The van der Waals surface area contributed by atoms with Crippen molar-refractivity contribution in [2.24, 2.45) is 5.14 Å². The highest BCUT2D eigenvalue weighted by Gasteiger charge is 2.12. The number of ether oxygens (including phenoxy) is 1. The number of nitrogens with zero attached hydrogens (tertiary/aromatic N) is 1. The molecular weight excluding hydrogens is 338 g/mol. The molecule has 0 saturated carbocycles. The second kappa shape index (κ2) is 8.78. The Hall–Kier alpha value is -1.95. The van der Waals surface area contributed by atoms with Crippen molar-refractivity contribution in [2.75, 3.05) is 7.11 Å². The predicted molar refractivity (Wildman–Crippen MR) is 88.3 cm³/mol. The second-order valence-corrected chi connectivity index (χ2v) is 6.06. The smallest absolute Gasteiger partial charge is 0.481 e. The molecule has 1 aromatic carbocycles. The van der Waals surface area contributed by atoms with E-state index in [1.54, 1.807) is 6.07 Å². The van der Waals surface area contributed by atoms with Gasteiger partial charge in [0.15, 0.2) is 0 Å². The van der Waals surface area contributed by atoms with E-state index in [1.165, 1.54) is 43.6 Å². The van der Waals surface area contributed by atoms with E-state index in [2.05, 4.69) is 4.98 Å². The van der Waals surface area contributed by atoms with Crippen molar-refractivity contribution in [3.8, 4) is 5.88 Å². The zero-order valence-corrected chi connectivity index (χ0v) is 13.5.